The van der Waals surface area contributed by atoms with E-state index in [-0.39, 0.29) is 0 Å². The third-order valence-corrected chi connectivity index (χ3v) is 3.92. The van der Waals surface area contributed by atoms with E-state index in [1.165, 1.54) is 24.4 Å². The molecule has 0 aliphatic rings. The maximum atomic E-state index is 14.1. The van der Waals surface area contributed by atoms with Gasteiger partial charge in [0.05, 0.1) is 12.2 Å². The van der Waals surface area contributed by atoms with Crippen LogP contribution in [0.5, 0.6) is 5.75 Å². The zero-order chi connectivity index (χ0) is 24.2. The Kier molecular flexibility index (Phi) is 7.50. The van der Waals surface area contributed by atoms with Gasteiger partial charge in [-0.05, 0) is 43.3 Å². The minimum Gasteiger partial charge on any atom is -0.463 e. The van der Waals surface area contributed by atoms with E-state index in [9.17, 15) is 35.9 Å². The van der Waals surface area contributed by atoms with Crippen molar-refractivity contribution >= 4 is 29.2 Å². The van der Waals surface area contributed by atoms with Crippen LogP contribution in [0.3, 0.4) is 0 Å². The standard InChI is InChI=1S/C19H15ClF6N2O4/c1-2-31-16(30)17(18(22,23)24,28-15(29)13-5-3-4-6-14(13)21)27-11-7-9-12(10-8-11)32-19(20,25)26/h3-10,27H,2H2,1H3,(H,28,29)/t17-/m0/s1. The number of esters is 1. The molecular weight excluding hydrogens is 470 g/mol. The quantitative estimate of drug-likeness (QED) is 0.247. The number of nitrogens with one attached hydrogen (secondary N) is 2. The van der Waals surface area contributed by atoms with Crippen molar-refractivity contribution in [3.8, 4) is 5.75 Å². The van der Waals surface area contributed by atoms with Gasteiger partial charge in [-0.25, -0.2) is 9.18 Å². The maximum Gasteiger partial charge on any atom is 0.487 e. The lowest BCUT2D eigenvalue weighted by Crippen LogP contribution is -2.69. The first-order chi connectivity index (χ1) is 14.8. The summed E-state index contributed by atoms with van der Waals surface area (Å²) in [5, 5.41) is 3.25. The van der Waals surface area contributed by atoms with Crippen LogP contribution in [-0.2, 0) is 9.53 Å². The van der Waals surface area contributed by atoms with E-state index >= 15 is 0 Å². The summed E-state index contributed by atoms with van der Waals surface area (Å²) in [6, 6.07) is 7.55. The first kappa shape index (κ1) is 25.1. The topological polar surface area (TPSA) is 76.7 Å². The van der Waals surface area contributed by atoms with Gasteiger partial charge in [-0.15, -0.1) is 8.78 Å². The highest BCUT2D eigenvalue weighted by Crippen LogP contribution is 2.34. The van der Waals surface area contributed by atoms with Crippen LogP contribution in [-0.4, -0.2) is 35.9 Å². The fourth-order valence-electron chi connectivity index (χ4n) is 2.47. The molecule has 2 aromatic carbocycles. The number of alkyl halides is 6. The number of anilines is 1. The minimum atomic E-state index is -5.49. The molecule has 0 aromatic heterocycles. The molecule has 0 unspecified atom stereocenters. The maximum absolute atomic E-state index is 14.1. The fraction of sp³-hybridized carbons (Fsp3) is 0.263. The number of hydrogen-bond acceptors (Lipinski definition) is 5. The predicted molar refractivity (Wildman–Crippen MR) is 101 cm³/mol. The van der Waals surface area contributed by atoms with Crippen LogP contribution in [0.1, 0.15) is 17.3 Å². The zero-order valence-electron chi connectivity index (χ0n) is 16.1. The summed E-state index contributed by atoms with van der Waals surface area (Å²) >= 11 is 4.62. The van der Waals surface area contributed by atoms with Crippen LogP contribution in [0, 0.1) is 5.82 Å². The summed E-state index contributed by atoms with van der Waals surface area (Å²) < 4.78 is 90.2. The molecule has 0 aliphatic heterocycles. The zero-order valence-corrected chi connectivity index (χ0v) is 16.9. The summed E-state index contributed by atoms with van der Waals surface area (Å²) in [7, 11) is 0. The molecule has 6 nitrogen and oxygen atoms in total. The first-order valence-electron chi connectivity index (χ1n) is 8.74. The summed E-state index contributed by atoms with van der Waals surface area (Å²) in [5.74, 6) is -5.14. The number of amides is 1. The van der Waals surface area contributed by atoms with E-state index < -0.39 is 58.7 Å². The second kappa shape index (κ2) is 9.55. The average molecular weight is 485 g/mol. The van der Waals surface area contributed by atoms with E-state index in [2.05, 4.69) is 21.1 Å². The number of benzene rings is 2. The van der Waals surface area contributed by atoms with E-state index in [0.29, 0.717) is 0 Å². The Morgan fingerprint density at radius 1 is 1.00 bits per heavy atom. The number of rotatable bonds is 8. The molecule has 2 aromatic rings. The third kappa shape index (κ3) is 5.96. The molecule has 1 atom stereocenters. The second-order valence-corrected chi connectivity index (χ2v) is 6.54. The van der Waals surface area contributed by atoms with Gasteiger partial charge in [-0.3, -0.25) is 4.79 Å². The predicted octanol–water partition coefficient (Wildman–Crippen LogP) is 4.66. The lowest BCUT2D eigenvalue weighted by molar-refractivity contribution is -0.204. The van der Waals surface area contributed by atoms with Gasteiger partial charge >= 0.3 is 23.4 Å². The molecule has 32 heavy (non-hydrogen) atoms. The molecule has 0 fully saturated rings. The number of hydrogen-bond donors (Lipinski definition) is 2. The number of carbonyl (C=O) groups excluding carboxylic acids is 2. The lowest BCUT2D eigenvalue weighted by Gasteiger charge is -2.35. The molecule has 0 spiro atoms. The van der Waals surface area contributed by atoms with Crippen LogP contribution >= 0.6 is 11.6 Å². The van der Waals surface area contributed by atoms with Crippen molar-refractivity contribution in [3.05, 3.63) is 59.9 Å². The Morgan fingerprint density at radius 3 is 2.09 bits per heavy atom. The van der Waals surface area contributed by atoms with Gasteiger partial charge in [0.2, 0.25) is 0 Å². The molecule has 0 saturated carbocycles. The molecular formula is C19H15ClF6N2O4. The van der Waals surface area contributed by atoms with Crippen molar-refractivity contribution in [2.75, 3.05) is 11.9 Å². The molecule has 0 aliphatic carbocycles. The molecule has 13 heteroatoms. The van der Waals surface area contributed by atoms with Gasteiger partial charge in [-0.1, -0.05) is 12.1 Å². The molecule has 0 bridgehead atoms. The first-order valence-corrected chi connectivity index (χ1v) is 9.12. The van der Waals surface area contributed by atoms with Gasteiger partial charge < -0.3 is 20.1 Å². The van der Waals surface area contributed by atoms with Crippen molar-refractivity contribution < 1.29 is 45.4 Å². The van der Waals surface area contributed by atoms with Gasteiger partial charge in [0, 0.05) is 17.3 Å². The number of ether oxygens (including phenoxy) is 2. The van der Waals surface area contributed by atoms with Crippen LogP contribution in [0.2, 0.25) is 0 Å². The Bertz CT molecular complexity index is 966. The SMILES string of the molecule is CCOC(=O)[C@@](NC(=O)c1ccccc1F)(Nc1ccc(OC(F)(F)Cl)cc1)C(F)(F)F. The molecule has 0 saturated heterocycles. The van der Waals surface area contributed by atoms with Crippen molar-refractivity contribution in [1.82, 2.24) is 5.32 Å². The van der Waals surface area contributed by atoms with Crippen LogP contribution in [0.15, 0.2) is 48.5 Å². The van der Waals surface area contributed by atoms with Crippen molar-refractivity contribution in [1.29, 1.82) is 0 Å². The lowest BCUT2D eigenvalue weighted by atomic mass is 10.1. The average Bonchev–Trinajstić information content (AvgIpc) is 2.67. The third-order valence-electron chi connectivity index (χ3n) is 3.85. The fourth-order valence-corrected chi connectivity index (χ4v) is 2.56. The molecule has 2 N–H and O–H groups in total. The van der Waals surface area contributed by atoms with Crippen molar-refractivity contribution in [3.63, 3.8) is 0 Å². The largest absolute Gasteiger partial charge is 0.487 e. The summed E-state index contributed by atoms with van der Waals surface area (Å²) in [4.78, 5) is 24.8. The monoisotopic (exact) mass is 484 g/mol. The Morgan fingerprint density at radius 2 is 1.59 bits per heavy atom. The highest BCUT2D eigenvalue weighted by molar-refractivity contribution is 6.20. The molecule has 1 amide bonds. The summed E-state index contributed by atoms with van der Waals surface area (Å²) in [6.07, 6.45) is -5.49. The van der Waals surface area contributed by atoms with Gasteiger partial charge in [0.1, 0.15) is 11.6 Å². The Labute approximate surface area is 182 Å². The van der Waals surface area contributed by atoms with E-state index in [1.807, 2.05) is 0 Å². The molecule has 0 radical (unpaired) electrons. The van der Waals surface area contributed by atoms with Crippen LogP contribution < -0.4 is 15.4 Å². The van der Waals surface area contributed by atoms with E-state index in [0.717, 1.165) is 36.4 Å². The number of carbonyl (C=O) groups is 2. The normalized spacial score (nSPS) is 13.6. The Hall–Kier alpha value is -3.15. The second-order valence-electron chi connectivity index (χ2n) is 6.10. The highest BCUT2D eigenvalue weighted by atomic mass is 35.5. The highest BCUT2D eigenvalue weighted by Gasteiger charge is 2.63. The summed E-state index contributed by atoms with van der Waals surface area (Å²) in [6.45, 7) is 0.752. The van der Waals surface area contributed by atoms with Gasteiger partial charge in [0.15, 0.2) is 0 Å². The number of halogens is 7. The smallest absolute Gasteiger partial charge is 0.463 e. The van der Waals surface area contributed by atoms with E-state index in [4.69, 9.17) is 0 Å². The van der Waals surface area contributed by atoms with Gasteiger partial charge in [0.25, 0.3) is 5.91 Å². The van der Waals surface area contributed by atoms with Crippen molar-refractivity contribution in [2.45, 2.75) is 24.3 Å². The van der Waals surface area contributed by atoms with Gasteiger partial charge in [-0.2, -0.15) is 13.2 Å². The van der Waals surface area contributed by atoms with Crippen LogP contribution in [0.25, 0.3) is 0 Å². The minimum absolute atomic E-state index is 0.450. The molecule has 2 rings (SSSR count). The Balaban J connectivity index is 2.46. The van der Waals surface area contributed by atoms with E-state index in [1.54, 1.807) is 5.32 Å². The van der Waals surface area contributed by atoms with Crippen molar-refractivity contribution in [2.24, 2.45) is 0 Å². The molecule has 0 heterocycles. The molecule has 174 valence electrons. The summed E-state index contributed by atoms with van der Waals surface area (Å²) in [5.41, 5.74) is -9.13. The van der Waals surface area contributed by atoms with Crippen LogP contribution in [0.4, 0.5) is 32.0 Å².